The quantitative estimate of drug-likeness (QED) is 0.253. The fraction of sp³-hybridized carbons (Fsp3) is 0.414. The second kappa shape index (κ2) is 13.9. The van der Waals surface area contributed by atoms with E-state index in [0.717, 1.165) is 28.9 Å². The lowest BCUT2D eigenvalue weighted by atomic mass is 9.96. The minimum Gasteiger partial charge on any atom is -0.393 e. The molecule has 0 aromatic heterocycles. The van der Waals surface area contributed by atoms with Gasteiger partial charge in [-0.1, -0.05) is 24.0 Å². The first-order valence-corrected chi connectivity index (χ1v) is 12.7. The van der Waals surface area contributed by atoms with E-state index in [1.54, 1.807) is 24.3 Å². The fourth-order valence-corrected chi connectivity index (χ4v) is 4.01. The molecule has 10 heteroatoms. The van der Waals surface area contributed by atoms with Gasteiger partial charge in [0.25, 0.3) is 17.7 Å². The van der Waals surface area contributed by atoms with Crippen LogP contribution in [0.2, 0.25) is 0 Å². The summed E-state index contributed by atoms with van der Waals surface area (Å²) in [5.41, 5.74) is 3.00. The van der Waals surface area contributed by atoms with E-state index >= 15 is 0 Å². The summed E-state index contributed by atoms with van der Waals surface area (Å²) >= 11 is 0. The van der Waals surface area contributed by atoms with Gasteiger partial charge in [0.05, 0.1) is 6.61 Å². The third kappa shape index (κ3) is 7.22. The number of nitrogens with zero attached hydrogens (tertiary/aromatic N) is 1. The van der Waals surface area contributed by atoms with Crippen LogP contribution in [0, 0.1) is 11.8 Å². The molecule has 1 heterocycles. The lowest BCUT2D eigenvalue weighted by molar-refractivity contribution is -0.204. The molecule has 0 bridgehead atoms. The Bertz CT molecular complexity index is 1190. The van der Waals surface area contributed by atoms with Crippen LogP contribution < -0.4 is 10.8 Å². The summed E-state index contributed by atoms with van der Waals surface area (Å²) < 4.78 is 10.7. The van der Waals surface area contributed by atoms with Crippen LogP contribution >= 0.6 is 0 Å². The molecule has 0 saturated carbocycles. The molecule has 3 unspecified atom stereocenters. The number of amides is 3. The van der Waals surface area contributed by atoms with E-state index < -0.39 is 29.6 Å². The molecule has 39 heavy (non-hydrogen) atoms. The Kier molecular flexibility index (Phi) is 10.6. The zero-order valence-corrected chi connectivity index (χ0v) is 22.7. The molecule has 2 aromatic rings. The van der Waals surface area contributed by atoms with Gasteiger partial charge < -0.3 is 24.8 Å². The van der Waals surface area contributed by atoms with Gasteiger partial charge in [0.1, 0.15) is 6.10 Å². The number of hydroxylamine groups is 1. The average molecular weight is 538 g/mol. The molecule has 1 aliphatic heterocycles. The number of hydrogen-bond donors (Lipinski definition) is 3. The fourth-order valence-electron chi connectivity index (χ4n) is 4.01. The maximum Gasteiger partial charge on any atom is 0.279 e. The molecular weight excluding hydrogens is 502 g/mol. The number of carbonyl (C=O) groups excluding carboxylic acids is 3. The van der Waals surface area contributed by atoms with E-state index in [0.29, 0.717) is 18.6 Å². The first kappa shape index (κ1) is 29.8. The van der Waals surface area contributed by atoms with E-state index in [2.05, 4.69) is 22.6 Å². The number of rotatable bonds is 9. The Morgan fingerprint density at radius 2 is 1.69 bits per heavy atom. The minimum atomic E-state index is -1.89. The average Bonchev–Trinajstić information content (AvgIpc) is 2.99. The Labute approximate surface area is 228 Å². The van der Waals surface area contributed by atoms with Crippen molar-refractivity contribution in [3.63, 3.8) is 0 Å². The van der Waals surface area contributed by atoms with Crippen molar-refractivity contribution in [1.82, 2.24) is 15.7 Å². The monoisotopic (exact) mass is 537 g/mol. The van der Waals surface area contributed by atoms with Crippen molar-refractivity contribution in [3.8, 4) is 11.8 Å². The van der Waals surface area contributed by atoms with Crippen molar-refractivity contribution in [2.75, 3.05) is 34.4 Å². The minimum absolute atomic E-state index is 0.113. The van der Waals surface area contributed by atoms with Crippen molar-refractivity contribution in [3.05, 3.63) is 70.8 Å². The number of likely N-dealkylation sites (N-methyl/N-ethyl adjacent to an activating group) is 2. The van der Waals surface area contributed by atoms with Gasteiger partial charge in [0, 0.05) is 50.9 Å². The highest BCUT2D eigenvalue weighted by Gasteiger charge is 2.47. The molecule has 1 saturated heterocycles. The van der Waals surface area contributed by atoms with Crippen LogP contribution in [0.5, 0.6) is 0 Å². The summed E-state index contributed by atoms with van der Waals surface area (Å²) in [5.74, 6) is 4.10. The Hall–Kier alpha value is -3.75. The molecule has 3 rings (SSSR count). The van der Waals surface area contributed by atoms with Crippen molar-refractivity contribution in [2.45, 2.75) is 44.1 Å². The van der Waals surface area contributed by atoms with Crippen molar-refractivity contribution >= 4 is 17.7 Å². The summed E-state index contributed by atoms with van der Waals surface area (Å²) in [5, 5.41) is 11.8. The number of ether oxygens (including phenoxy) is 2. The van der Waals surface area contributed by atoms with Gasteiger partial charge in [-0.2, -0.15) is 0 Å². The van der Waals surface area contributed by atoms with E-state index in [9.17, 15) is 19.5 Å². The lowest BCUT2D eigenvalue weighted by Gasteiger charge is -2.36. The van der Waals surface area contributed by atoms with Gasteiger partial charge in [-0.25, -0.2) is 10.3 Å². The van der Waals surface area contributed by atoms with E-state index in [1.807, 2.05) is 24.3 Å². The van der Waals surface area contributed by atoms with Crippen LogP contribution in [-0.4, -0.2) is 74.0 Å². The molecule has 3 N–H and O–H groups in total. The summed E-state index contributed by atoms with van der Waals surface area (Å²) in [7, 11) is 4.31. The number of methoxy groups -OCH3 is 1. The summed E-state index contributed by atoms with van der Waals surface area (Å²) in [4.78, 5) is 45.6. The van der Waals surface area contributed by atoms with Crippen LogP contribution in [0.15, 0.2) is 48.5 Å². The molecule has 2 aromatic carbocycles. The molecule has 10 nitrogen and oxygen atoms in total. The van der Waals surface area contributed by atoms with E-state index in [4.69, 9.17) is 14.3 Å². The van der Waals surface area contributed by atoms with Crippen LogP contribution in [0.1, 0.15) is 59.3 Å². The van der Waals surface area contributed by atoms with Gasteiger partial charge in [-0.05, 0) is 61.7 Å². The van der Waals surface area contributed by atoms with Crippen LogP contribution in [-0.2, 0) is 23.9 Å². The molecule has 208 valence electrons. The van der Waals surface area contributed by atoms with Gasteiger partial charge in [-0.3, -0.25) is 14.4 Å². The highest BCUT2D eigenvalue weighted by molar-refractivity contribution is 6.12. The maximum atomic E-state index is 13.3. The van der Waals surface area contributed by atoms with E-state index in [-0.39, 0.29) is 18.3 Å². The van der Waals surface area contributed by atoms with Crippen LogP contribution in [0.25, 0.3) is 0 Å². The maximum absolute atomic E-state index is 13.3. The molecule has 0 radical (unpaired) electrons. The summed E-state index contributed by atoms with van der Waals surface area (Å²) in [6.07, 6.45) is 1.44. The SMILES string of the molecule is CNC(=O)C(C)(C(=O)NOC1CCCCO1)N(C)C(=O)c1ccc(C#Cc2ccc(C(CO)OC)cc2)cc1. The number of aliphatic hydroxyl groups is 1. The van der Waals surface area contributed by atoms with Crippen molar-refractivity contribution in [1.29, 1.82) is 0 Å². The Morgan fingerprint density at radius 3 is 2.21 bits per heavy atom. The normalized spacial score (nSPS) is 17.1. The third-order valence-corrected chi connectivity index (χ3v) is 6.72. The standard InChI is InChI=1S/C29H35N3O7/c1-29(27(35)30-2,28(36)31-39-25-7-5-6-18-38-25)32(3)26(34)23-16-12-21(13-17-23)9-8-20-10-14-22(15-11-20)24(19-33)37-4/h10-17,24-25,33H,5-7,18-19H2,1-4H3,(H,30,35)(H,31,36). The summed E-state index contributed by atoms with van der Waals surface area (Å²) in [6, 6.07) is 13.9. The number of carbonyl (C=O) groups is 3. The molecular formula is C29H35N3O7. The van der Waals surface area contributed by atoms with Crippen LogP contribution in [0.4, 0.5) is 0 Å². The predicted octanol–water partition coefficient (Wildman–Crippen LogP) is 1.92. The molecule has 1 aliphatic rings. The third-order valence-electron chi connectivity index (χ3n) is 6.72. The molecule has 0 aliphatic carbocycles. The van der Waals surface area contributed by atoms with Gasteiger partial charge in [0.2, 0.25) is 0 Å². The van der Waals surface area contributed by atoms with Crippen molar-refractivity contribution in [2.24, 2.45) is 0 Å². The molecule has 3 atom stereocenters. The largest absolute Gasteiger partial charge is 0.393 e. The molecule has 1 fully saturated rings. The number of aliphatic hydroxyl groups excluding tert-OH is 1. The lowest BCUT2D eigenvalue weighted by Crippen LogP contribution is -2.65. The topological polar surface area (TPSA) is 126 Å². The first-order valence-electron chi connectivity index (χ1n) is 12.7. The van der Waals surface area contributed by atoms with Gasteiger partial charge >= 0.3 is 0 Å². The van der Waals surface area contributed by atoms with Crippen LogP contribution in [0.3, 0.4) is 0 Å². The molecule has 3 amide bonds. The highest BCUT2D eigenvalue weighted by Crippen LogP contribution is 2.20. The summed E-state index contributed by atoms with van der Waals surface area (Å²) in [6.45, 7) is 1.76. The predicted molar refractivity (Wildman–Crippen MR) is 143 cm³/mol. The van der Waals surface area contributed by atoms with E-state index in [1.165, 1.54) is 28.1 Å². The number of hydrogen-bond acceptors (Lipinski definition) is 7. The Balaban J connectivity index is 1.70. The molecule has 0 spiro atoms. The zero-order valence-electron chi connectivity index (χ0n) is 22.7. The van der Waals surface area contributed by atoms with Crippen molar-refractivity contribution < 1.29 is 33.8 Å². The zero-order chi connectivity index (χ0) is 28.4. The number of nitrogens with one attached hydrogen (secondary N) is 2. The van der Waals surface area contributed by atoms with Gasteiger partial charge in [-0.15, -0.1) is 0 Å². The first-order chi connectivity index (χ1) is 18.7. The van der Waals surface area contributed by atoms with Gasteiger partial charge in [0.15, 0.2) is 11.8 Å². The highest BCUT2D eigenvalue weighted by atomic mass is 16.8. The Morgan fingerprint density at radius 1 is 1.08 bits per heavy atom. The number of benzene rings is 2. The smallest absolute Gasteiger partial charge is 0.279 e. The second-order valence-electron chi connectivity index (χ2n) is 9.22. The second-order valence-corrected chi connectivity index (χ2v) is 9.22.